The average Bonchev–Trinajstić information content (AvgIpc) is 3.28. The Labute approximate surface area is 191 Å². The highest BCUT2D eigenvalue weighted by Crippen LogP contribution is 2.42. The molecule has 3 heterocycles. The van der Waals surface area contributed by atoms with E-state index in [2.05, 4.69) is 54.2 Å². The second-order valence-electron chi connectivity index (χ2n) is 9.92. The average molecular weight is 464 g/mol. The van der Waals surface area contributed by atoms with Crippen molar-refractivity contribution >= 4 is 25.9 Å². The number of nitrogens with one attached hydrogen (secondary N) is 1. The lowest BCUT2D eigenvalue weighted by atomic mass is 9.94. The third-order valence-electron chi connectivity index (χ3n) is 6.61. The molecule has 9 nitrogen and oxygen atoms in total. The van der Waals surface area contributed by atoms with Gasteiger partial charge >= 0.3 is 5.97 Å². The van der Waals surface area contributed by atoms with Crippen molar-refractivity contribution < 1.29 is 18.7 Å². The van der Waals surface area contributed by atoms with Gasteiger partial charge in [0.1, 0.15) is 5.82 Å². The van der Waals surface area contributed by atoms with Gasteiger partial charge in [0.05, 0.1) is 38.0 Å². The smallest absolute Gasteiger partial charge is 0.306 e. The minimum absolute atomic E-state index is 0.00507. The van der Waals surface area contributed by atoms with Crippen molar-refractivity contribution in [2.75, 3.05) is 25.6 Å². The molecule has 3 atom stereocenters. The van der Waals surface area contributed by atoms with Gasteiger partial charge in [-0.1, -0.05) is 20.8 Å². The molecule has 0 spiro atoms. The van der Waals surface area contributed by atoms with E-state index in [0.717, 1.165) is 5.56 Å². The van der Waals surface area contributed by atoms with Gasteiger partial charge in [0.2, 0.25) is 5.95 Å². The first kappa shape index (κ1) is 24.6. The maximum atomic E-state index is 12.3. The molecule has 0 bridgehead atoms. The molecule has 0 amide bonds. The third-order valence-corrected chi connectivity index (χ3v) is 11.1. The highest BCUT2D eigenvalue weighted by atomic mass is 28.4. The summed E-state index contributed by atoms with van der Waals surface area (Å²) in [6.45, 7) is 15.6. The van der Waals surface area contributed by atoms with Crippen molar-refractivity contribution in [3.8, 4) is 0 Å². The van der Waals surface area contributed by atoms with Gasteiger partial charge in [0.25, 0.3) is 0 Å². The van der Waals surface area contributed by atoms with Gasteiger partial charge in [-0.3, -0.25) is 4.79 Å². The topological polar surface area (TPSA) is 99.9 Å². The van der Waals surface area contributed by atoms with E-state index < -0.39 is 8.32 Å². The first-order valence-corrected chi connectivity index (χ1v) is 14.2. The fourth-order valence-corrected chi connectivity index (χ4v) is 4.74. The first-order chi connectivity index (χ1) is 15.0. The van der Waals surface area contributed by atoms with Crippen LogP contribution in [0.5, 0.6) is 0 Å². The second kappa shape index (κ2) is 9.44. The van der Waals surface area contributed by atoms with Crippen LogP contribution < -0.4 is 5.32 Å². The Balaban J connectivity index is 1.85. The molecule has 1 saturated heterocycles. The van der Waals surface area contributed by atoms with Crippen LogP contribution >= 0.6 is 0 Å². The van der Waals surface area contributed by atoms with Gasteiger partial charge in [-0.25, -0.2) is 4.98 Å². The Morgan fingerprint density at radius 1 is 1.34 bits per heavy atom. The normalized spacial score (nSPS) is 21.8. The molecule has 32 heavy (non-hydrogen) atoms. The summed E-state index contributed by atoms with van der Waals surface area (Å²) >= 11 is 0. The molecule has 2 aromatic rings. The molecule has 0 aliphatic carbocycles. The zero-order valence-electron chi connectivity index (χ0n) is 20.6. The molecule has 178 valence electrons. The monoisotopic (exact) mass is 463 g/mol. The standard InChI is InChI=1S/C22H37N5O4Si/c1-9-29-19(28)11-15-10-17(31-18(15)13-30-32(7,8)22(3,4)5)16-12-24-27-20(16)25-14(2)26-21(27)23-6/h12,15,17-18H,9-11,13H2,1-8H3,(H,23,25,26)/t15-,17-,18-/m1/s1. The molecule has 3 rings (SSSR count). The van der Waals surface area contributed by atoms with Gasteiger partial charge in [-0.2, -0.15) is 14.6 Å². The number of anilines is 1. The van der Waals surface area contributed by atoms with Gasteiger partial charge in [-0.05, 0) is 38.4 Å². The minimum Gasteiger partial charge on any atom is -0.466 e. The molecule has 0 unspecified atom stereocenters. The van der Waals surface area contributed by atoms with Crippen molar-refractivity contribution in [1.29, 1.82) is 0 Å². The number of rotatable bonds is 8. The van der Waals surface area contributed by atoms with Crippen LogP contribution in [0.1, 0.15) is 58.0 Å². The van der Waals surface area contributed by atoms with Crippen LogP contribution in [-0.2, 0) is 18.7 Å². The molecule has 1 N–H and O–H groups in total. The molecule has 1 fully saturated rings. The summed E-state index contributed by atoms with van der Waals surface area (Å²) in [7, 11) is -0.147. The number of carbonyl (C=O) groups excluding carboxylic acids is 1. The number of aryl methyl sites for hydroxylation is 1. The molecule has 2 aromatic heterocycles. The van der Waals surface area contributed by atoms with E-state index in [4.69, 9.17) is 13.9 Å². The highest BCUT2D eigenvalue weighted by molar-refractivity contribution is 6.74. The van der Waals surface area contributed by atoms with Crippen LogP contribution in [0.4, 0.5) is 5.95 Å². The number of ether oxygens (including phenoxy) is 2. The van der Waals surface area contributed by atoms with Crippen LogP contribution in [0.3, 0.4) is 0 Å². The summed E-state index contributed by atoms with van der Waals surface area (Å²) < 4.78 is 19.9. The van der Waals surface area contributed by atoms with Crippen molar-refractivity contribution in [2.45, 2.75) is 77.8 Å². The molecular weight excluding hydrogens is 426 g/mol. The lowest BCUT2D eigenvalue weighted by Crippen LogP contribution is -2.43. The van der Waals surface area contributed by atoms with Crippen LogP contribution in [-0.4, -0.2) is 60.2 Å². The van der Waals surface area contributed by atoms with E-state index in [1.165, 1.54) is 0 Å². The van der Waals surface area contributed by atoms with E-state index in [9.17, 15) is 4.79 Å². The van der Waals surface area contributed by atoms with Gasteiger partial charge < -0.3 is 19.2 Å². The number of carbonyl (C=O) groups is 1. The maximum Gasteiger partial charge on any atom is 0.306 e. The van der Waals surface area contributed by atoms with Crippen molar-refractivity contribution in [2.24, 2.45) is 5.92 Å². The maximum absolute atomic E-state index is 12.3. The van der Waals surface area contributed by atoms with E-state index in [1.807, 2.05) is 13.8 Å². The summed E-state index contributed by atoms with van der Waals surface area (Å²) in [5.41, 5.74) is 1.61. The Kier molecular flexibility index (Phi) is 7.26. The lowest BCUT2D eigenvalue weighted by molar-refractivity contribution is -0.144. The summed E-state index contributed by atoms with van der Waals surface area (Å²) in [6, 6.07) is 0. The molecule has 1 aliphatic heterocycles. The number of hydrogen-bond donors (Lipinski definition) is 1. The predicted molar refractivity (Wildman–Crippen MR) is 125 cm³/mol. The van der Waals surface area contributed by atoms with Crippen LogP contribution in [0, 0.1) is 12.8 Å². The van der Waals surface area contributed by atoms with Crippen molar-refractivity contribution in [3.63, 3.8) is 0 Å². The molecule has 0 aromatic carbocycles. The Hall–Kier alpha value is -2.04. The van der Waals surface area contributed by atoms with Crippen LogP contribution in [0.2, 0.25) is 18.1 Å². The molecule has 10 heteroatoms. The molecular formula is C22H37N5O4Si. The SMILES string of the molecule is CCOC(=O)C[C@H]1C[C@H](c2cnn3c(NC)nc(C)nc23)O[C@@H]1CO[Si](C)(C)C(C)(C)C. The summed E-state index contributed by atoms with van der Waals surface area (Å²) in [5.74, 6) is 1.08. The third kappa shape index (κ3) is 5.13. The van der Waals surface area contributed by atoms with Gasteiger partial charge in [0, 0.05) is 18.5 Å². The largest absolute Gasteiger partial charge is 0.466 e. The van der Waals surface area contributed by atoms with Crippen molar-refractivity contribution in [1.82, 2.24) is 19.6 Å². The zero-order chi connectivity index (χ0) is 23.7. The van der Waals surface area contributed by atoms with Crippen LogP contribution in [0.25, 0.3) is 5.65 Å². The van der Waals surface area contributed by atoms with Crippen LogP contribution in [0.15, 0.2) is 6.20 Å². The fraction of sp³-hybridized carbons (Fsp3) is 0.727. The molecule has 1 aliphatic rings. The minimum atomic E-state index is -1.95. The summed E-state index contributed by atoms with van der Waals surface area (Å²) in [6.07, 6.45) is 2.36. The number of hydrogen-bond acceptors (Lipinski definition) is 8. The first-order valence-electron chi connectivity index (χ1n) is 11.3. The van der Waals surface area contributed by atoms with E-state index in [-0.39, 0.29) is 29.1 Å². The Morgan fingerprint density at radius 2 is 2.06 bits per heavy atom. The fourth-order valence-electron chi connectivity index (χ4n) is 3.73. The van der Waals surface area contributed by atoms with E-state index in [1.54, 1.807) is 17.8 Å². The quantitative estimate of drug-likeness (QED) is 0.465. The van der Waals surface area contributed by atoms with Gasteiger partial charge in [-0.15, -0.1) is 0 Å². The molecule has 0 radical (unpaired) electrons. The summed E-state index contributed by atoms with van der Waals surface area (Å²) in [5, 5.41) is 7.62. The second-order valence-corrected chi connectivity index (χ2v) is 14.7. The van der Waals surface area contributed by atoms with E-state index >= 15 is 0 Å². The summed E-state index contributed by atoms with van der Waals surface area (Å²) in [4.78, 5) is 21.3. The highest BCUT2D eigenvalue weighted by Gasteiger charge is 2.42. The Morgan fingerprint density at radius 3 is 2.69 bits per heavy atom. The van der Waals surface area contributed by atoms with E-state index in [0.29, 0.717) is 43.5 Å². The predicted octanol–water partition coefficient (Wildman–Crippen LogP) is 3.90. The number of nitrogens with zero attached hydrogens (tertiary/aromatic N) is 4. The number of esters is 1. The van der Waals surface area contributed by atoms with Gasteiger partial charge in [0.15, 0.2) is 14.0 Å². The number of fused-ring (bicyclic) bond motifs is 1. The number of aromatic nitrogens is 4. The Bertz CT molecular complexity index is 956. The zero-order valence-corrected chi connectivity index (χ0v) is 21.6. The molecule has 0 saturated carbocycles. The van der Waals surface area contributed by atoms with Crippen molar-refractivity contribution in [3.05, 3.63) is 17.6 Å². The lowest BCUT2D eigenvalue weighted by Gasteiger charge is -2.37.